The van der Waals surface area contributed by atoms with Crippen LogP contribution in [0.4, 0.5) is 5.69 Å². The highest BCUT2D eigenvalue weighted by molar-refractivity contribution is 5.80. The molecule has 4 nitrogen and oxygen atoms in total. The normalized spacial score (nSPS) is 11.1. The summed E-state index contributed by atoms with van der Waals surface area (Å²) in [6.45, 7) is 1.59. The summed E-state index contributed by atoms with van der Waals surface area (Å²) >= 11 is 0. The molecule has 0 atom stereocenters. The first-order valence-corrected chi connectivity index (χ1v) is 10.4. The van der Waals surface area contributed by atoms with E-state index in [-0.39, 0.29) is 0 Å². The number of nitrogens with zero attached hydrogens (tertiary/aromatic N) is 1. The summed E-state index contributed by atoms with van der Waals surface area (Å²) in [5.41, 5.74) is 14.6. The van der Waals surface area contributed by atoms with Crippen molar-refractivity contribution >= 4 is 16.7 Å². The van der Waals surface area contributed by atoms with Crippen LogP contribution in [0.2, 0.25) is 0 Å². The van der Waals surface area contributed by atoms with E-state index in [1.807, 2.05) is 36.4 Å². The molecule has 0 aliphatic carbocycles. The number of nitrogen functional groups attached to an aromatic ring is 1. The Bertz CT molecular complexity index is 1300. The highest BCUT2D eigenvalue weighted by Gasteiger charge is 2.07. The second-order valence-electron chi connectivity index (χ2n) is 7.73. The average Bonchev–Trinajstić information content (AvgIpc) is 3.24. The van der Waals surface area contributed by atoms with Gasteiger partial charge in [-0.1, -0.05) is 60.7 Å². The summed E-state index contributed by atoms with van der Waals surface area (Å²) in [7, 11) is 0. The largest absolute Gasteiger partial charge is 0.399 e. The number of imidazole rings is 1. The maximum atomic E-state index is 5.87. The van der Waals surface area contributed by atoms with Crippen LogP contribution < -0.4 is 11.1 Å². The van der Waals surface area contributed by atoms with Gasteiger partial charge in [-0.2, -0.15) is 0 Å². The van der Waals surface area contributed by atoms with Crippen LogP contribution in [0.25, 0.3) is 33.5 Å². The number of rotatable bonds is 6. The van der Waals surface area contributed by atoms with E-state index in [9.17, 15) is 0 Å². The molecule has 0 amide bonds. The fourth-order valence-electron chi connectivity index (χ4n) is 3.85. The standard InChI is InChI=1S/C27H24N4/c28-24-11-4-7-20(15-24)18-29-17-19-6-3-8-21(14-19)22-9-5-10-23(16-22)27-30-25-12-1-2-13-26(25)31-27/h1-16,29H,17-18,28H2,(H,30,31). The summed E-state index contributed by atoms with van der Waals surface area (Å²) in [6.07, 6.45) is 0. The Hall–Kier alpha value is -3.89. The molecule has 0 aliphatic rings. The Kier molecular flexibility index (Phi) is 5.21. The van der Waals surface area contributed by atoms with Gasteiger partial charge in [-0.25, -0.2) is 4.98 Å². The molecule has 0 saturated carbocycles. The van der Waals surface area contributed by atoms with Crippen molar-refractivity contribution in [2.75, 3.05) is 5.73 Å². The van der Waals surface area contributed by atoms with Crippen LogP contribution in [-0.4, -0.2) is 9.97 Å². The molecule has 4 N–H and O–H groups in total. The Morgan fingerprint density at radius 3 is 2.16 bits per heavy atom. The van der Waals surface area contributed by atoms with Crippen molar-refractivity contribution in [3.05, 3.63) is 108 Å². The number of anilines is 1. The summed E-state index contributed by atoms with van der Waals surface area (Å²) in [4.78, 5) is 8.16. The van der Waals surface area contributed by atoms with Crippen LogP contribution in [0.15, 0.2) is 97.1 Å². The summed E-state index contributed by atoms with van der Waals surface area (Å²) < 4.78 is 0. The lowest BCUT2D eigenvalue weighted by molar-refractivity contribution is 0.694. The lowest BCUT2D eigenvalue weighted by Crippen LogP contribution is -2.12. The monoisotopic (exact) mass is 404 g/mol. The van der Waals surface area contributed by atoms with Gasteiger partial charge in [0.25, 0.3) is 0 Å². The number of fused-ring (bicyclic) bond motifs is 1. The number of H-pyrrole nitrogens is 1. The van der Waals surface area contributed by atoms with E-state index in [0.29, 0.717) is 0 Å². The quantitative estimate of drug-likeness (QED) is 0.315. The molecule has 5 rings (SSSR count). The highest BCUT2D eigenvalue weighted by atomic mass is 14.9. The van der Waals surface area contributed by atoms with Gasteiger partial charge in [0, 0.05) is 24.3 Å². The van der Waals surface area contributed by atoms with Gasteiger partial charge >= 0.3 is 0 Å². The van der Waals surface area contributed by atoms with Crippen molar-refractivity contribution in [2.45, 2.75) is 13.1 Å². The minimum atomic E-state index is 0.788. The molecule has 4 aromatic carbocycles. The third-order valence-corrected chi connectivity index (χ3v) is 5.39. The van der Waals surface area contributed by atoms with Gasteiger partial charge in [0.15, 0.2) is 0 Å². The Labute approximate surface area is 181 Å². The zero-order chi connectivity index (χ0) is 21.0. The first-order chi connectivity index (χ1) is 15.2. The molecule has 0 bridgehead atoms. The molecule has 31 heavy (non-hydrogen) atoms. The van der Waals surface area contributed by atoms with Crippen molar-refractivity contribution in [1.82, 2.24) is 15.3 Å². The second kappa shape index (κ2) is 8.46. The summed E-state index contributed by atoms with van der Waals surface area (Å²) in [5.74, 6) is 0.892. The molecular weight excluding hydrogens is 380 g/mol. The van der Waals surface area contributed by atoms with Crippen molar-refractivity contribution < 1.29 is 0 Å². The number of para-hydroxylation sites is 2. The SMILES string of the molecule is Nc1cccc(CNCc2cccc(-c3cccc(-c4nc5ccccc5[nH]4)c3)c2)c1. The minimum absolute atomic E-state index is 0.788. The molecular formula is C27H24N4. The molecule has 0 unspecified atom stereocenters. The molecule has 1 aromatic heterocycles. The van der Waals surface area contributed by atoms with Crippen LogP contribution >= 0.6 is 0 Å². The zero-order valence-corrected chi connectivity index (χ0v) is 17.2. The van der Waals surface area contributed by atoms with E-state index < -0.39 is 0 Å². The van der Waals surface area contributed by atoms with Gasteiger partial charge in [0.2, 0.25) is 0 Å². The lowest BCUT2D eigenvalue weighted by Gasteiger charge is -2.09. The third-order valence-electron chi connectivity index (χ3n) is 5.39. The van der Waals surface area contributed by atoms with Crippen molar-refractivity contribution in [3.63, 3.8) is 0 Å². The third kappa shape index (κ3) is 4.34. The molecule has 0 aliphatic heterocycles. The van der Waals surface area contributed by atoms with E-state index in [2.05, 4.69) is 71.0 Å². The number of nitrogens with two attached hydrogens (primary N) is 1. The van der Waals surface area contributed by atoms with Crippen LogP contribution in [0.1, 0.15) is 11.1 Å². The molecule has 5 aromatic rings. The van der Waals surface area contributed by atoms with Gasteiger partial charge in [0.05, 0.1) is 11.0 Å². The van der Waals surface area contributed by atoms with Crippen molar-refractivity contribution in [1.29, 1.82) is 0 Å². The molecule has 4 heteroatoms. The molecule has 1 heterocycles. The highest BCUT2D eigenvalue weighted by Crippen LogP contribution is 2.27. The van der Waals surface area contributed by atoms with E-state index >= 15 is 0 Å². The number of aromatic amines is 1. The Morgan fingerprint density at radius 1 is 0.677 bits per heavy atom. The first-order valence-electron chi connectivity index (χ1n) is 10.4. The fraction of sp³-hybridized carbons (Fsp3) is 0.0741. The van der Waals surface area contributed by atoms with Gasteiger partial charge in [-0.15, -0.1) is 0 Å². The van der Waals surface area contributed by atoms with E-state index in [0.717, 1.165) is 41.2 Å². The number of hydrogen-bond acceptors (Lipinski definition) is 3. The van der Waals surface area contributed by atoms with Gasteiger partial charge in [0.1, 0.15) is 5.82 Å². The Balaban J connectivity index is 1.34. The molecule has 0 fully saturated rings. The topological polar surface area (TPSA) is 66.7 Å². The Morgan fingerprint density at radius 2 is 1.35 bits per heavy atom. The molecule has 0 spiro atoms. The maximum absolute atomic E-state index is 5.87. The van der Waals surface area contributed by atoms with Crippen LogP contribution in [-0.2, 0) is 13.1 Å². The number of benzene rings is 4. The van der Waals surface area contributed by atoms with Gasteiger partial charge in [-0.05, 0) is 58.7 Å². The number of hydrogen-bond donors (Lipinski definition) is 3. The van der Waals surface area contributed by atoms with E-state index in [4.69, 9.17) is 10.7 Å². The number of aromatic nitrogens is 2. The summed E-state index contributed by atoms with van der Waals surface area (Å²) in [5, 5.41) is 3.51. The van der Waals surface area contributed by atoms with E-state index in [1.165, 1.54) is 22.3 Å². The molecule has 0 radical (unpaired) electrons. The van der Waals surface area contributed by atoms with Crippen molar-refractivity contribution in [2.24, 2.45) is 0 Å². The van der Waals surface area contributed by atoms with E-state index in [1.54, 1.807) is 0 Å². The van der Waals surface area contributed by atoms with Gasteiger partial charge in [-0.3, -0.25) is 0 Å². The predicted octanol–water partition coefficient (Wildman–Crippen LogP) is 5.77. The van der Waals surface area contributed by atoms with Crippen LogP contribution in [0.5, 0.6) is 0 Å². The first kappa shape index (κ1) is 19.1. The fourth-order valence-corrected chi connectivity index (χ4v) is 3.85. The molecule has 152 valence electrons. The maximum Gasteiger partial charge on any atom is 0.138 e. The minimum Gasteiger partial charge on any atom is -0.399 e. The predicted molar refractivity (Wildman–Crippen MR) is 128 cm³/mol. The lowest BCUT2D eigenvalue weighted by atomic mass is 10.0. The second-order valence-corrected chi connectivity index (χ2v) is 7.73. The van der Waals surface area contributed by atoms with Crippen LogP contribution in [0.3, 0.4) is 0 Å². The summed E-state index contributed by atoms with van der Waals surface area (Å²) in [6, 6.07) is 33.3. The molecule has 0 saturated heterocycles. The van der Waals surface area contributed by atoms with Crippen LogP contribution in [0, 0.1) is 0 Å². The smallest absolute Gasteiger partial charge is 0.138 e. The van der Waals surface area contributed by atoms with Gasteiger partial charge < -0.3 is 16.0 Å². The zero-order valence-electron chi connectivity index (χ0n) is 17.2. The van der Waals surface area contributed by atoms with Crippen molar-refractivity contribution in [3.8, 4) is 22.5 Å². The number of nitrogens with one attached hydrogen (secondary N) is 2. The average molecular weight is 405 g/mol.